The van der Waals surface area contributed by atoms with Crippen molar-refractivity contribution < 1.29 is 4.74 Å². The van der Waals surface area contributed by atoms with Gasteiger partial charge in [-0.25, -0.2) is 0 Å². The average Bonchev–Trinajstić information content (AvgIpc) is 2.73. The van der Waals surface area contributed by atoms with Crippen molar-refractivity contribution in [1.29, 1.82) is 0 Å². The molecule has 0 fully saturated rings. The maximum atomic E-state index is 6.03. The number of para-hydroxylation sites is 1. The van der Waals surface area contributed by atoms with Crippen LogP contribution >= 0.6 is 27.3 Å². The number of benzene rings is 1. The molecule has 1 aromatic carbocycles. The fraction of sp³-hybridized carbons (Fsp3) is 0.231. The predicted molar refractivity (Wildman–Crippen MR) is 75.6 cm³/mol. The Hall–Kier alpha value is -0.840. The van der Waals surface area contributed by atoms with Crippen molar-refractivity contribution in [3.05, 3.63) is 51.1 Å². The van der Waals surface area contributed by atoms with Crippen LogP contribution in [0.25, 0.3) is 0 Å². The van der Waals surface area contributed by atoms with E-state index in [2.05, 4.69) is 22.0 Å². The van der Waals surface area contributed by atoms with E-state index in [4.69, 9.17) is 10.5 Å². The Balaban J connectivity index is 1.80. The molecule has 90 valence electrons. The number of ether oxygens (including phenoxy) is 1. The molecule has 1 atom stereocenters. The molecular formula is C13H14BrNOS. The molecular weight excluding hydrogens is 298 g/mol. The Morgan fingerprint density at radius 3 is 2.59 bits per heavy atom. The Labute approximate surface area is 114 Å². The summed E-state index contributed by atoms with van der Waals surface area (Å²) in [7, 11) is 0. The quantitative estimate of drug-likeness (QED) is 0.917. The van der Waals surface area contributed by atoms with Gasteiger partial charge in [0.25, 0.3) is 0 Å². The summed E-state index contributed by atoms with van der Waals surface area (Å²) >= 11 is 5.16. The molecule has 1 heterocycles. The Morgan fingerprint density at radius 2 is 1.94 bits per heavy atom. The van der Waals surface area contributed by atoms with Crippen LogP contribution in [0.3, 0.4) is 0 Å². The first kappa shape index (κ1) is 12.6. The lowest BCUT2D eigenvalue weighted by atomic mass is 10.2. The molecule has 0 amide bonds. The van der Waals surface area contributed by atoms with Gasteiger partial charge in [0.15, 0.2) is 0 Å². The van der Waals surface area contributed by atoms with Gasteiger partial charge in [-0.3, -0.25) is 0 Å². The fourth-order valence-corrected chi connectivity index (χ4v) is 3.07. The molecule has 2 rings (SSSR count). The summed E-state index contributed by atoms with van der Waals surface area (Å²) in [5.41, 5.74) is 6.03. The van der Waals surface area contributed by atoms with E-state index in [0.717, 1.165) is 16.0 Å². The van der Waals surface area contributed by atoms with Crippen LogP contribution in [0.4, 0.5) is 0 Å². The van der Waals surface area contributed by atoms with Gasteiger partial charge in [-0.2, -0.15) is 0 Å². The highest BCUT2D eigenvalue weighted by atomic mass is 79.9. The summed E-state index contributed by atoms with van der Waals surface area (Å²) < 4.78 is 6.76. The van der Waals surface area contributed by atoms with Gasteiger partial charge < -0.3 is 10.5 Å². The number of nitrogens with two attached hydrogens (primary N) is 1. The molecule has 0 saturated heterocycles. The van der Waals surface area contributed by atoms with Crippen LogP contribution in [0, 0.1) is 0 Å². The Bertz CT molecular complexity index is 457. The molecule has 4 heteroatoms. The molecule has 2 N–H and O–H groups in total. The van der Waals surface area contributed by atoms with Crippen molar-refractivity contribution in [2.75, 3.05) is 6.61 Å². The van der Waals surface area contributed by atoms with Crippen LogP contribution < -0.4 is 10.5 Å². The van der Waals surface area contributed by atoms with Crippen LogP contribution in [-0.4, -0.2) is 12.6 Å². The lowest BCUT2D eigenvalue weighted by molar-refractivity contribution is 0.288. The zero-order valence-corrected chi connectivity index (χ0v) is 11.7. The second-order valence-electron chi connectivity index (χ2n) is 3.79. The molecule has 1 aromatic heterocycles. The van der Waals surface area contributed by atoms with Crippen molar-refractivity contribution >= 4 is 27.3 Å². The first-order chi connectivity index (χ1) is 8.24. The highest BCUT2D eigenvalue weighted by Gasteiger charge is 2.07. The van der Waals surface area contributed by atoms with E-state index in [-0.39, 0.29) is 6.04 Å². The summed E-state index contributed by atoms with van der Waals surface area (Å²) in [6.07, 6.45) is 0.850. The summed E-state index contributed by atoms with van der Waals surface area (Å²) in [6, 6.07) is 13.9. The normalized spacial score (nSPS) is 12.4. The highest BCUT2D eigenvalue weighted by molar-refractivity contribution is 9.11. The van der Waals surface area contributed by atoms with E-state index in [1.807, 2.05) is 36.4 Å². The first-order valence-corrected chi connectivity index (χ1v) is 7.02. The molecule has 0 radical (unpaired) electrons. The monoisotopic (exact) mass is 311 g/mol. The molecule has 2 aromatic rings. The van der Waals surface area contributed by atoms with Gasteiger partial charge in [-0.15, -0.1) is 11.3 Å². The van der Waals surface area contributed by atoms with Crippen molar-refractivity contribution in [1.82, 2.24) is 0 Å². The molecule has 0 spiro atoms. The maximum absolute atomic E-state index is 6.03. The van der Waals surface area contributed by atoms with Crippen LogP contribution in [0.2, 0.25) is 0 Å². The number of thiophene rings is 1. The predicted octanol–water partition coefficient (Wildman–Crippen LogP) is 3.46. The fourth-order valence-electron chi connectivity index (χ4n) is 1.50. The molecule has 0 aliphatic rings. The molecule has 1 unspecified atom stereocenters. The highest BCUT2D eigenvalue weighted by Crippen LogP contribution is 2.23. The van der Waals surface area contributed by atoms with Gasteiger partial charge in [0.05, 0.1) is 3.79 Å². The van der Waals surface area contributed by atoms with Gasteiger partial charge >= 0.3 is 0 Å². The van der Waals surface area contributed by atoms with Gasteiger partial charge in [0.1, 0.15) is 12.4 Å². The van der Waals surface area contributed by atoms with Gasteiger partial charge in [0.2, 0.25) is 0 Å². The van der Waals surface area contributed by atoms with Crippen LogP contribution in [-0.2, 0) is 6.42 Å². The zero-order valence-electron chi connectivity index (χ0n) is 9.30. The number of rotatable bonds is 5. The molecule has 0 aliphatic carbocycles. The third-order valence-electron chi connectivity index (χ3n) is 2.30. The molecule has 2 nitrogen and oxygen atoms in total. The summed E-state index contributed by atoms with van der Waals surface area (Å²) in [6.45, 7) is 0.541. The molecule has 0 bridgehead atoms. The van der Waals surface area contributed by atoms with Crippen LogP contribution in [0.1, 0.15) is 4.88 Å². The number of halogens is 1. The van der Waals surface area contributed by atoms with Crippen molar-refractivity contribution in [3.63, 3.8) is 0 Å². The topological polar surface area (TPSA) is 35.2 Å². The number of hydrogen-bond donors (Lipinski definition) is 1. The van der Waals surface area contributed by atoms with E-state index in [1.165, 1.54) is 4.88 Å². The Kier molecular flexibility index (Phi) is 4.59. The van der Waals surface area contributed by atoms with Crippen LogP contribution in [0.5, 0.6) is 5.75 Å². The first-order valence-electron chi connectivity index (χ1n) is 5.41. The second-order valence-corrected chi connectivity index (χ2v) is 6.34. The minimum Gasteiger partial charge on any atom is -0.492 e. The van der Waals surface area contributed by atoms with Crippen LogP contribution in [0.15, 0.2) is 46.3 Å². The summed E-state index contributed by atoms with van der Waals surface area (Å²) in [5.74, 6) is 0.871. The maximum Gasteiger partial charge on any atom is 0.119 e. The zero-order chi connectivity index (χ0) is 12.1. The third-order valence-corrected chi connectivity index (χ3v) is 3.95. The van der Waals surface area contributed by atoms with Crippen molar-refractivity contribution in [3.8, 4) is 5.75 Å². The van der Waals surface area contributed by atoms with E-state index >= 15 is 0 Å². The largest absolute Gasteiger partial charge is 0.492 e. The van der Waals surface area contributed by atoms with E-state index in [0.29, 0.717) is 6.61 Å². The minimum atomic E-state index is 0.0285. The lowest BCUT2D eigenvalue weighted by Crippen LogP contribution is -2.29. The smallest absolute Gasteiger partial charge is 0.119 e. The standard InChI is InChI=1S/C13H14BrNOS/c14-13-7-6-12(17-13)8-10(15)9-16-11-4-2-1-3-5-11/h1-7,10H,8-9,15H2. The number of hydrogen-bond acceptors (Lipinski definition) is 3. The Morgan fingerprint density at radius 1 is 1.18 bits per heavy atom. The summed E-state index contributed by atoms with van der Waals surface area (Å²) in [4.78, 5) is 1.28. The molecule has 0 saturated carbocycles. The molecule has 0 aliphatic heterocycles. The minimum absolute atomic E-state index is 0.0285. The SMILES string of the molecule is NC(COc1ccccc1)Cc1ccc(Br)s1. The second kappa shape index (κ2) is 6.19. The summed E-state index contributed by atoms with van der Waals surface area (Å²) in [5, 5.41) is 0. The molecule has 17 heavy (non-hydrogen) atoms. The van der Waals surface area contributed by atoms with Crippen molar-refractivity contribution in [2.24, 2.45) is 5.73 Å². The lowest BCUT2D eigenvalue weighted by Gasteiger charge is -2.12. The van der Waals surface area contributed by atoms with Gasteiger partial charge in [-0.1, -0.05) is 18.2 Å². The third kappa shape index (κ3) is 4.15. The average molecular weight is 312 g/mol. The van der Waals surface area contributed by atoms with Gasteiger partial charge in [-0.05, 0) is 40.2 Å². The van der Waals surface area contributed by atoms with Gasteiger partial charge in [0, 0.05) is 17.3 Å². The van der Waals surface area contributed by atoms with Crippen molar-refractivity contribution in [2.45, 2.75) is 12.5 Å². The van der Waals surface area contributed by atoms with E-state index in [1.54, 1.807) is 11.3 Å². The van der Waals surface area contributed by atoms with E-state index < -0.39 is 0 Å². The van der Waals surface area contributed by atoms with E-state index in [9.17, 15) is 0 Å².